The maximum atomic E-state index is 14.1. The van der Waals surface area contributed by atoms with Gasteiger partial charge in [0.05, 0.1) is 12.2 Å². The maximum Gasteiger partial charge on any atom is 0.161 e. The molecule has 0 amide bonds. The van der Waals surface area contributed by atoms with Gasteiger partial charge < -0.3 is 9.47 Å². The Morgan fingerprint density at radius 2 is 1.51 bits per heavy atom. The monoisotopic (exact) mass is 625 g/mol. The molecule has 0 radical (unpaired) electrons. The molecular formula is C42H72O3. The van der Waals surface area contributed by atoms with Crippen LogP contribution in [-0.2, 0) is 14.3 Å². The molecule has 0 bridgehead atoms. The first kappa shape index (κ1) is 35.6. The molecule has 0 aromatic heterocycles. The molecule has 5 rings (SSSR count). The molecule has 3 heteroatoms. The van der Waals surface area contributed by atoms with Crippen molar-refractivity contribution in [1.29, 1.82) is 0 Å². The summed E-state index contributed by atoms with van der Waals surface area (Å²) in [5.74, 6) is 5.00. The third kappa shape index (κ3) is 5.47. The van der Waals surface area contributed by atoms with Crippen LogP contribution in [0.3, 0.4) is 0 Å². The lowest BCUT2D eigenvalue weighted by molar-refractivity contribution is -0.280. The highest BCUT2D eigenvalue weighted by Gasteiger charge is 2.68. The van der Waals surface area contributed by atoms with Crippen LogP contribution in [0.2, 0.25) is 0 Å². The summed E-state index contributed by atoms with van der Waals surface area (Å²) in [6.45, 7) is 36.5. The van der Waals surface area contributed by atoms with Crippen LogP contribution in [0.15, 0.2) is 11.6 Å². The standard InChI is InChI=1S/C42H72O3/c1-24-22-33-34(43)23-32-31(42(33,15)29(6)25(24)2)16-20-41(14)35(17-21-40(32,41)13)39(11,12)36(18-19-38(8,9)10)45-37-28(5)26(3)27(4)30(7)44-37/h23-31,33,35-37H,16-22H2,1-15H3/t24-,25-,26?,27?,28?,29-,30?,31?,33+,35-,36-,37?,40+,41-,42-/m1/s1. The molecule has 0 aromatic rings. The fourth-order valence-electron chi connectivity index (χ4n) is 12.2. The first-order valence-electron chi connectivity index (χ1n) is 19.2. The Morgan fingerprint density at radius 3 is 2.13 bits per heavy atom. The van der Waals surface area contributed by atoms with Crippen LogP contribution in [0.4, 0.5) is 0 Å². The number of carbonyl (C=O) groups is 1. The van der Waals surface area contributed by atoms with E-state index in [1.54, 1.807) is 0 Å². The summed E-state index contributed by atoms with van der Waals surface area (Å²) in [6, 6.07) is 0. The molecule has 3 saturated carbocycles. The molecule has 4 aliphatic carbocycles. The summed E-state index contributed by atoms with van der Waals surface area (Å²) < 4.78 is 13.9. The van der Waals surface area contributed by atoms with Gasteiger partial charge in [-0.05, 0) is 126 Å². The number of carbonyl (C=O) groups excluding carboxylic acids is 1. The smallest absolute Gasteiger partial charge is 0.161 e. The molecule has 1 aliphatic heterocycles. The molecule has 3 nitrogen and oxygen atoms in total. The van der Waals surface area contributed by atoms with Gasteiger partial charge in [-0.2, -0.15) is 0 Å². The van der Waals surface area contributed by atoms with Crippen molar-refractivity contribution < 1.29 is 14.3 Å². The number of hydrogen-bond donors (Lipinski definition) is 0. The molecule has 5 aliphatic rings. The van der Waals surface area contributed by atoms with E-state index in [1.807, 2.05) is 0 Å². The first-order valence-corrected chi connectivity index (χ1v) is 19.2. The Morgan fingerprint density at radius 1 is 0.867 bits per heavy atom. The second kappa shape index (κ2) is 11.7. The summed E-state index contributed by atoms with van der Waals surface area (Å²) in [7, 11) is 0. The fraction of sp³-hybridized carbons (Fsp3) is 0.929. The van der Waals surface area contributed by atoms with Crippen molar-refractivity contribution in [2.75, 3.05) is 0 Å². The Bertz CT molecular complexity index is 1150. The first-order chi connectivity index (χ1) is 20.6. The second-order valence-corrected chi connectivity index (χ2v) is 20.0. The van der Waals surface area contributed by atoms with Gasteiger partial charge in [0, 0.05) is 11.8 Å². The van der Waals surface area contributed by atoms with Crippen LogP contribution < -0.4 is 0 Å². The third-order valence-electron chi connectivity index (χ3n) is 16.7. The topological polar surface area (TPSA) is 35.5 Å². The van der Waals surface area contributed by atoms with Crippen LogP contribution in [0, 0.1) is 80.3 Å². The molecular weight excluding hydrogens is 552 g/mol. The zero-order valence-corrected chi connectivity index (χ0v) is 32.2. The average Bonchev–Trinajstić information content (AvgIpc) is 3.24. The minimum absolute atomic E-state index is 0.0169. The lowest BCUT2D eigenvalue weighted by atomic mass is 9.40. The van der Waals surface area contributed by atoms with Crippen molar-refractivity contribution >= 4 is 5.78 Å². The molecule has 4 fully saturated rings. The predicted octanol–water partition coefficient (Wildman–Crippen LogP) is 11.2. The summed E-state index contributed by atoms with van der Waals surface area (Å²) in [5, 5.41) is 0. The number of fused-ring (bicyclic) bond motifs is 5. The lowest BCUT2D eigenvalue weighted by Gasteiger charge is -2.64. The number of ketones is 1. The van der Waals surface area contributed by atoms with E-state index in [4.69, 9.17) is 9.47 Å². The number of allylic oxidation sites excluding steroid dienone is 2. The van der Waals surface area contributed by atoms with E-state index in [9.17, 15) is 4.79 Å². The Hall–Kier alpha value is -0.670. The van der Waals surface area contributed by atoms with Gasteiger partial charge in [0.15, 0.2) is 12.1 Å². The van der Waals surface area contributed by atoms with Gasteiger partial charge in [0.1, 0.15) is 0 Å². The van der Waals surface area contributed by atoms with E-state index in [0.29, 0.717) is 53.1 Å². The molecule has 15 atom stereocenters. The van der Waals surface area contributed by atoms with E-state index < -0.39 is 0 Å². The van der Waals surface area contributed by atoms with Gasteiger partial charge >= 0.3 is 0 Å². The minimum atomic E-state index is -0.153. The number of ether oxygens (including phenoxy) is 2. The highest BCUT2D eigenvalue weighted by atomic mass is 16.7. The van der Waals surface area contributed by atoms with Crippen LogP contribution in [0.25, 0.3) is 0 Å². The van der Waals surface area contributed by atoms with Crippen molar-refractivity contribution in [2.24, 2.45) is 80.3 Å². The van der Waals surface area contributed by atoms with E-state index >= 15 is 0 Å². The second-order valence-electron chi connectivity index (χ2n) is 20.0. The van der Waals surface area contributed by atoms with Gasteiger partial charge in [0.25, 0.3) is 0 Å². The van der Waals surface area contributed by atoms with Crippen molar-refractivity contribution in [1.82, 2.24) is 0 Å². The molecule has 45 heavy (non-hydrogen) atoms. The van der Waals surface area contributed by atoms with E-state index in [-0.39, 0.29) is 51.5 Å². The van der Waals surface area contributed by atoms with Crippen molar-refractivity contribution in [3.05, 3.63) is 11.6 Å². The third-order valence-corrected chi connectivity index (χ3v) is 16.7. The van der Waals surface area contributed by atoms with Gasteiger partial charge in [-0.15, -0.1) is 0 Å². The van der Waals surface area contributed by atoms with Gasteiger partial charge in [0.2, 0.25) is 0 Å². The average molecular weight is 625 g/mol. The fourth-order valence-corrected chi connectivity index (χ4v) is 12.2. The Kier molecular flexibility index (Phi) is 9.29. The summed E-state index contributed by atoms with van der Waals surface area (Å²) >= 11 is 0. The molecule has 1 saturated heterocycles. The minimum Gasteiger partial charge on any atom is -0.349 e. The van der Waals surface area contributed by atoms with Crippen molar-refractivity contribution in [3.8, 4) is 0 Å². The predicted molar refractivity (Wildman–Crippen MR) is 188 cm³/mol. The molecule has 0 aromatic carbocycles. The molecule has 258 valence electrons. The van der Waals surface area contributed by atoms with Crippen LogP contribution >= 0.6 is 0 Å². The normalized spacial score (nSPS) is 49.5. The van der Waals surface area contributed by atoms with E-state index in [2.05, 4.69) is 110 Å². The zero-order chi connectivity index (χ0) is 33.7. The zero-order valence-electron chi connectivity index (χ0n) is 32.2. The van der Waals surface area contributed by atoms with Crippen molar-refractivity contribution in [3.63, 3.8) is 0 Å². The van der Waals surface area contributed by atoms with Crippen molar-refractivity contribution in [2.45, 2.75) is 167 Å². The highest BCUT2D eigenvalue weighted by Crippen LogP contribution is 2.74. The van der Waals surface area contributed by atoms with Gasteiger partial charge in [-0.3, -0.25) is 4.79 Å². The summed E-state index contributed by atoms with van der Waals surface area (Å²) in [5.41, 5.74) is 2.02. The SMILES string of the molecule is CC1OC(O[C@H](CCC(C)(C)C)C(C)(C)[C@H]2CC[C@@]3(C)C4=CC(=O)[C@@H]5C[C@@H](C)[C@@H](C)[C@@H](C)[C@]5(C)C4CC[C@]23C)C(C)C(C)C1C. The number of rotatable bonds is 6. The summed E-state index contributed by atoms with van der Waals surface area (Å²) in [6.07, 6.45) is 10.5. The quantitative estimate of drug-likeness (QED) is 0.295. The van der Waals surface area contributed by atoms with Crippen LogP contribution in [0.1, 0.15) is 149 Å². The van der Waals surface area contributed by atoms with Crippen LogP contribution in [-0.4, -0.2) is 24.3 Å². The van der Waals surface area contributed by atoms with Crippen LogP contribution in [0.5, 0.6) is 0 Å². The van der Waals surface area contributed by atoms with Gasteiger partial charge in [-0.25, -0.2) is 0 Å². The Balaban J connectivity index is 1.48. The molecule has 1 heterocycles. The number of hydrogen-bond acceptors (Lipinski definition) is 3. The summed E-state index contributed by atoms with van der Waals surface area (Å²) in [4.78, 5) is 14.1. The molecule has 0 N–H and O–H groups in total. The van der Waals surface area contributed by atoms with E-state index in [0.717, 1.165) is 19.3 Å². The Labute approximate surface area is 278 Å². The molecule has 6 unspecified atom stereocenters. The highest BCUT2D eigenvalue weighted by molar-refractivity contribution is 5.94. The van der Waals surface area contributed by atoms with E-state index in [1.165, 1.54) is 31.3 Å². The van der Waals surface area contributed by atoms with Gasteiger partial charge in [-0.1, -0.05) is 103 Å². The maximum absolute atomic E-state index is 14.1. The largest absolute Gasteiger partial charge is 0.349 e. The molecule has 0 spiro atoms. The lowest BCUT2D eigenvalue weighted by Crippen LogP contribution is -2.59.